The maximum atomic E-state index is 12.0. The summed E-state index contributed by atoms with van der Waals surface area (Å²) in [4.78, 5) is 12.0. The molecule has 28 heavy (non-hydrogen) atoms. The van der Waals surface area contributed by atoms with E-state index in [1.807, 2.05) is 30.3 Å². The van der Waals surface area contributed by atoms with Gasteiger partial charge < -0.3 is 11.1 Å². The molecule has 0 saturated carbocycles. The van der Waals surface area contributed by atoms with Crippen molar-refractivity contribution in [3.8, 4) is 0 Å². The summed E-state index contributed by atoms with van der Waals surface area (Å²) in [5.74, 6) is -0.0749. The van der Waals surface area contributed by atoms with Gasteiger partial charge in [-0.3, -0.25) is 4.79 Å². The van der Waals surface area contributed by atoms with Gasteiger partial charge in [-0.1, -0.05) is 121 Å². The van der Waals surface area contributed by atoms with Gasteiger partial charge >= 0.3 is 0 Å². The van der Waals surface area contributed by atoms with Crippen molar-refractivity contribution in [1.29, 1.82) is 0 Å². The van der Waals surface area contributed by atoms with Crippen LogP contribution in [0.5, 0.6) is 0 Å². The molecule has 1 unspecified atom stereocenters. The second kappa shape index (κ2) is 17.7. The van der Waals surface area contributed by atoms with Crippen molar-refractivity contribution in [2.75, 3.05) is 0 Å². The maximum Gasteiger partial charge on any atom is 0.252 e. The van der Waals surface area contributed by atoms with Gasteiger partial charge in [0, 0.05) is 5.56 Å². The highest BCUT2D eigenvalue weighted by atomic mass is 16.1. The minimum atomic E-state index is -0.241. The number of carbonyl (C=O) groups excluding carboxylic acids is 1. The lowest BCUT2D eigenvalue weighted by Gasteiger charge is -2.13. The summed E-state index contributed by atoms with van der Waals surface area (Å²) in [5.41, 5.74) is 6.71. The fourth-order valence-electron chi connectivity index (χ4n) is 3.65. The number of rotatable bonds is 18. The number of benzene rings is 1. The summed E-state index contributed by atoms with van der Waals surface area (Å²) in [6, 6.07) is 9.28. The molecule has 1 aromatic carbocycles. The molecule has 0 spiro atoms. The van der Waals surface area contributed by atoms with Crippen molar-refractivity contribution in [3.63, 3.8) is 0 Å². The first-order chi connectivity index (χ1) is 13.7. The number of hydrogen-bond donors (Lipinski definition) is 2. The minimum Gasteiger partial charge on any atom is -0.337 e. The monoisotopic (exact) mass is 388 g/mol. The van der Waals surface area contributed by atoms with Crippen LogP contribution < -0.4 is 11.1 Å². The molecule has 3 N–H and O–H groups in total. The van der Waals surface area contributed by atoms with Crippen LogP contribution in [0.25, 0.3) is 0 Å². The number of unbranched alkanes of at least 4 members (excludes halogenated alkanes) is 14. The van der Waals surface area contributed by atoms with E-state index in [1.165, 1.54) is 89.9 Å². The Morgan fingerprint density at radius 1 is 0.750 bits per heavy atom. The first-order valence-electron chi connectivity index (χ1n) is 11.9. The molecule has 1 atom stereocenters. The first kappa shape index (κ1) is 24.7. The molecule has 1 aromatic rings. The van der Waals surface area contributed by atoms with Gasteiger partial charge in [0.25, 0.3) is 5.91 Å². The number of nitrogens with two attached hydrogens (primary N) is 1. The Labute approximate surface area is 173 Å². The highest BCUT2D eigenvalue weighted by Gasteiger charge is 2.08. The van der Waals surface area contributed by atoms with Crippen LogP contribution in [-0.2, 0) is 0 Å². The van der Waals surface area contributed by atoms with E-state index in [9.17, 15) is 4.79 Å². The zero-order valence-corrected chi connectivity index (χ0v) is 18.3. The third kappa shape index (κ3) is 13.8. The van der Waals surface area contributed by atoms with E-state index in [0.29, 0.717) is 5.56 Å². The zero-order chi connectivity index (χ0) is 20.3. The molecule has 0 bridgehead atoms. The Bertz CT molecular complexity index is 475. The molecule has 0 heterocycles. The maximum absolute atomic E-state index is 12.0. The van der Waals surface area contributed by atoms with E-state index >= 15 is 0 Å². The van der Waals surface area contributed by atoms with Crippen LogP contribution in [0.1, 0.15) is 120 Å². The predicted octanol–water partition coefficient (Wildman–Crippen LogP) is 6.96. The fraction of sp³-hybridized carbons (Fsp3) is 0.720. The smallest absolute Gasteiger partial charge is 0.252 e. The molecule has 0 aromatic heterocycles. The van der Waals surface area contributed by atoms with Gasteiger partial charge in [-0.25, -0.2) is 0 Å². The molecule has 1 rings (SSSR count). The second-order valence-corrected chi connectivity index (χ2v) is 8.18. The van der Waals surface area contributed by atoms with Crippen molar-refractivity contribution in [1.82, 2.24) is 5.32 Å². The van der Waals surface area contributed by atoms with Crippen LogP contribution >= 0.6 is 0 Å². The van der Waals surface area contributed by atoms with Crippen molar-refractivity contribution in [2.45, 2.75) is 116 Å². The third-order valence-electron chi connectivity index (χ3n) is 5.47. The van der Waals surface area contributed by atoms with Gasteiger partial charge in [0.2, 0.25) is 0 Å². The Morgan fingerprint density at radius 2 is 1.18 bits per heavy atom. The standard InChI is InChI=1S/C25H44N2O/c1-2-3-4-5-6-7-8-9-10-11-12-13-14-15-19-22-24(26)27-25(28)23-20-17-16-18-21-23/h16-18,20-21,24H,2-15,19,22,26H2,1H3,(H,27,28). The predicted molar refractivity (Wildman–Crippen MR) is 121 cm³/mol. The van der Waals surface area contributed by atoms with Gasteiger partial charge in [0.15, 0.2) is 0 Å². The summed E-state index contributed by atoms with van der Waals surface area (Å²) in [6.45, 7) is 2.28. The SMILES string of the molecule is CCCCCCCCCCCCCCCCCC(N)NC(=O)c1ccccc1. The van der Waals surface area contributed by atoms with Crippen LogP contribution in [0.3, 0.4) is 0 Å². The van der Waals surface area contributed by atoms with E-state index in [-0.39, 0.29) is 12.1 Å². The van der Waals surface area contributed by atoms with Crippen LogP contribution in [0, 0.1) is 0 Å². The number of nitrogens with one attached hydrogen (secondary N) is 1. The molecule has 160 valence electrons. The Morgan fingerprint density at radius 3 is 1.64 bits per heavy atom. The van der Waals surface area contributed by atoms with Crippen molar-refractivity contribution in [2.24, 2.45) is 5.73 Å². The Balaban J connectivity index is 1.83. The zero-order valence-electron chi connectivity index (χ0n) is 18.3. The molecule has 1 amide bonds. The molecule has 0 saturated heterocycles. The molecule has 0 fully saturated rings. The van der Waals surface area contributed by atoms with Gasteiger partial charge in [-0.05, 0) is 18.6 Å². The molecule has 0 radical (unpaired) electrons. The normalized spacial score (nSPS) is 12.1. The molecular weight excluding hydrogens is 344 g/mol. The van der Waals surface area contributed by atoms with E-state index in [1.54, 1.807) is 0 Å². The lowest BCUT2D eigenvalue weighted by Crippen LogP contribution is -2.41. The van der Waals surface area contributed by atoms with Crippen molar-refractivity contribution < 1.29 is 4.79 Å². The largest absolute Gasteiger partial charge is 0.337 e. The molecule has 0 aliphatic heterocycles. The summed E-state index contributed by atoms with van der Waals surface area (Å²) >= 11 is 0. The summed E-state index contributed by atoms with van der Waals surface area (Å²) in [5, 5.41) is 2.88. The topological polar surface area (TPSA) is 55.1 Å². The molecular formula is C25H44N2O. The van der Waals surface area contributed by atoms with Crippen LogP contribution in [0.15, 0.2) is 30.3 Å². The van der Waals surface area contributed by atoms with Gasteiger partial charge in [-0.2, -0.15) is 0 Å². The number of hydrogen-bond acceptors (Lipinski definition) is 2. The lowest BCUT2D eigenvalue weighted by molar-refractivity contribution is 0.0935. The quantitative estimate of drug-likeness (QED) is 0.211. The van der Waals surface area contributed by atoms with Gasteiger partial charge in [0.05, 0.1) is 6.17 Å². The van der Waals surface area contributed by atoms with Crippen LogP contribution in [0.4, 0.5) is 0 Å². The van der Waals surface area contributed by atoms with Crippen molar-refractivity contribution >= 4 is 5.91 Å². The van der Waals surface area contributed by atoms with Crippen LogP contribution in [0.2, 0.25) is 0 Å². The minimum absolute atomic E-state index is 0.0749. The molecule has 0 aliphatic rings. The van der Waals surface area contributed by atoms with E-state index in [2.05, 4.69) is 12.2 Å². The number of carbonyl (C=O) groups is 1. The highest BCUT2D eigenvalue weighted by molar-refractivity contribution is 5.94. The van der Waals surface area contributed by atoms with Gasteiger partial charge in [0.1, 0.15) is 0 Å². The van der Waals surface area contributed by atoms with Gasteiger partial charge in [-0.15, -0.1) is 0 Å². The highest BCUT2D eigenvalue weighted by Crippen LogP contribution is 2.13. The Kier molecular flexibility index (Phi) is 15.6. The lowest BCUT2D eigenvalue weighted by atomic mass is 10.0. The van der Waals surface area contributed by atoms with Crippen molar-refractivity contribution in [3.05, 3.63) is 35.9 Å². The van der Waals surface area contributed by atoms with E-state index in [0.717, 1.165) is 12.8 Å². The molecule has 3 nitrogen and oxygen atoms in total. The first-order valence-corrected chi connectivity index (χ1v) is 11.9. The van der Waals surface area contributed by atoms with E-state index < -0.39 is 0 Å². The molecule has 3 heteroatoms. The summed E-state index contributed by atoms with van der Waals surface area (Å²) in [6.07, 6.45) is 21.1. The van der Waals surface area contributed by atoms with Crippen LogP contribution in [-0.4, -0.2) is 12.1 Å². The number of amides is 1. The fourth-order valence-corrected chi connectivity index (χ4v) is 3.65. The summed E-state index contributed by atoms with van der Waals surface area (Å²) in [7, 11) is 0. The third-order valence-corrected chi connectivity index (χ3v) is 5.47. The summed E-state index contributed by atoms with van der Waals surface area (Å²) < 4.78 is 0. The average molecular weight is 389 g/mol. The average Bonchev–Trinajstić information content (AvgIpc) is 2.71. The Hall–Kier alpha value is -1.35. The molecule has 0 aliphatic carbocycles. The second-order valence-electron chi connectivity index (χ2n) is 8.18. The van der Waals surface area contributed by atoms with E-state index in [4.69, 9.17) is 5.73 Å².